The predicted molar refractivity (Wildman–Crippen MR) is 114 cm³/mol. The minimum atomic E-state index is -4.20. The van der Waals surface area contributed by atoms with E-state index in [2.05, 4.69) is 14.8 Å². The highest BCUT2D eigenvalue weighted by Gasteiger charge is 2.21. The first kappa shape index (κ1) is 23.4. The van der Waals surface area contributed by atoms with Crippen LogP contribution in [0, 0.1) is 0 Å². The topological polar surface area (TPSA) is 145 Å². The van der Waals surface area contributed by atoms with Gasteiger partial charge in [-0.25, -0.2) is 16.8 Å². The van der Waals surface area contributed by atoms with Crippen LogP contribution in [0.3, 0.4) is 0 Å². The largest absolute Gasteiger partial charge is 0.506 e. The summed E-state index contributed by atoms with van der Waals surface area (Å²) in [5.74, 6) is -0.422. The Bertz CT molecular complexity index is 1090. The second-order valence-electron chi connectivity index (χ2n) is 6.05. The summed E-state index contributed by atoms with van der Waals surface area (Å²) < 4.78 is 52.5. The number of halogens is 2. The number of alkyl halides is 1. The van der Waals surface area contributed by atoms with Gasteiger partial charge in [-0.15, -0.1) is 11.6 Å². The number of sulfonamides is 2. The molecule has 0 fully saturated rings. The third-order valence-electron chi connectivity index (χ3n) is 3.46. The number of hydrogen-bond acceptors (Lipinski definition) is 7. The number of phenolic OH excluding ortho intramolecular Hbond substituents is 1. The van der Waals surface area contributed by atoms with Crippen molar-refractivity contribution >= 4 is 60.3 Å². The van der Waals surface area contributed by atoms with Crippen LogP contribution in [-0.4, -0.2) is 51.8 Å². The molecule has 2 rings (SSSR count). The summed E-state index contributed by atoms with van der Waals surface area (Å²) >= 11 is 11.6. The van der Waals surface area contributed by atoms with Crippen LogP contribution in [0.1, 0.15) is 0 Å². The van der Waals surface area contributed by atoms with Crippen LogP contribution in [0.2, 0.25) is 5.02 Å². The summed E-state index contributed by atoms with van der Waals surface area (Å²) in [6, 6.07) is 7.78. The van der Waals surface area contributed by atoms with Crippen molar-refractivity contribution in [3.8, 4) is 5.75 Å². The molecule has 0 aromatic heterocycles. The van der Waals surface area contributed by atoms with Crippen molar-refractivity contribution < 1.29 is 27.0 Å². The Morgan fingerprint density at radius 2 is 1.69 bits per heavy atom. The molecule has 0 radical (unpaired) electrons. The Labute approximate surface area is 178 Å². The van der Waals surface area contributed by atoms with Crippen LogP contribution < -0.4 is 14.8 Å². The van der Waals surface area contributed by atoms with Gasteiger partial charge in [0.25, 0.3) is 10.0 Å². The molecule has 0 amide bonds. The summed E-state index contributed by atoms with van der Waals surface area (Å²) in [7, 11) is -7.73. The minimum absolute atomic E-state index is 0.0227. The number of nitrogens with one attached hydrogen (secondary N) is 3. The van der Waals surface area contributed by atoms with Crippen LogP contribution in [0.5, 0.6) is 5.75 Å². The van der Waals surface area contributed by atoms with Gasteiger partial charge in [-0.3, -0.25) is 9.44 Å². The molecule has 1 unspecified atom stereocenters. The quantitative estimate of drug-likeness (QED) is 0.271. The lowest BCUT2D eigenvalue weighted by atomic mass is 10.2. The number of aliphatic hydroxyl groups excluding tert-OH is 1. The fourth-order valence-corrected chi connectivity index (χ4v) is 4.51. The third-order valence-corrected chi connectivity index (χ3v) is 6.27. The van der Waals surface area contributed by atoms with Crippen molar-refractivity contribution in [3.63, 3.8) is 0 Å². The molecule has 13 heteroatoms. The molecule has 0 heterocycles. The zero-order valence-electron chi connectivity index (χ0n) is 15.1. The van der Waals surface area contributed by atoms with E-state index < -0.39 is 31.9 Å². The van der Waals surface area contributed by atoms with Gasteiger partial charge < -0.3 is 15.5 Å². The number of rotatable bonds is 9. The van der Waals surface area contributed by atoms with Crippen LogP contribution in [0.4, 0.5) is 17.1 Å². The Morgan fingerprint density at radius 3 is 2.28 bits per heavy atom. The van der Waals surface area contributed by atoms with E-state index in [4.69, 9.17) is 23.2 Å². The van der Waals surface area contributed by atoms with E-state index >= 15 is 0 Å². The average molecular weight is 484 g/mol. The lowest BCUT2D eigenvalue weighted by Gasteiger charge is -2.15. The maximum Gasteiger partial charge on any atom is 0.263 e. The molecule has 0 saturated carbocycles. The van der Waals surface area contributed by atoms with Crippen LogP contribution in [-0.2, 0) is 20.0 Å². The number of hydrogen-bond donors (Lipinski definition) is 5. The Morgan fingerprint density at radius 1 is 1.07 bits per heavy atom. The van der Waals surface area contributed by atoms with Crippen molar-refractivity contribution in [2.45, 2.75) is 11.0 Å². The number of aromatic hydroxyl groups is 1. The zero-order valence-corrected chi connectivity index (χ0v) is 18.2. The molecule has 160 valence electrons. The summed E-state index contributed by atoms with van der Waals surface area (Å²) in [5.41, 5.74) is 0.373. The van der Waals surface area contributed by atoms with E-state index in [1.165, 1.54) is 30.3 Å². The molecule has 0 bridgehead atoms. The maximum atomic E-state index is 12.7. The average Bonchev–Trinajstić information content (AvgIpc) is 2.60. The molecule has 2 aromatic carbocycles. The molecule has 9 nitrogen and oxygen atoms in total. The molecule has 0 aliphatic heterocycles. The highest BCUT2D eigenvalue weighted by Crippen LogP contribution is 2.34. The fraction of sp³-hybridized carbons (Fsp3) is 0.250. The summed E-state index contributed by atoms with van der Waals surface area (Å²) in [6.07, 6.45) is 0.0986. The SMILES string of the molecule is CS(=O)(=O)Nc1cccc(NS(=O)(=O)c2cc(O)c(NCC(O)CCl)cc2Cl)c1. The first-order chi connectivity index (χ1) is 13.4. The van der Waals surface area contributed by atoms with Gasteiger partial charge >= 0.3 is 0 Å². The van der Waals surface area contributed by atoms with E-state index in [-0.39, 0.29) is 39.4 Å². The molecule has 0 saturated heterocycles. The monoisotopic (exact) mass is 483 g/mol. The number of anilines is 3. The molecule has 0 spiro atoms. The lowest BCUT2D eigenvalue weighted by molar-refractivity contribution is 0.211. The summed E-state index contributed by atoms with van der Waals surface area (Å²) in [5, 5.41) is 22.1. The summed E-state index contributed by atoms with van der Waals surface area (Å²) in [6.45, 7) is 0.0257. The van der Waals surface area contributed by atoms with Gasteiger partial charge in [0.05, 0.1) is 40.3 Å². The fourth-order valence-electron chi connectivity index (χ4n) is 2.24. The van der Waals surface area contributed by atoms with Gasteiger partial charge in [-0.1, -0.05) is 17.7 Å². The van der Waals surface area contributed by atoms with Crippen LogP contribution in [0.15, 0.2) is 41.3 Å². The smallest absolute Gasteiger partial charge is 0.263 e. The van der Waals surface area contributed by atoms with Gasteiger partial charge in [-0.2, -0.15) is 0 Å². The first-order valence-corrected chi connectivity index (χ1v) is 12.3. The Hall–Kier alpha value is -1.92. The summed E-state index contributed by atoms with van der Waals surface area (Å²) in [4.78, 5) is -0.387. The third kappa shape index (κ3) is 6.82. The molecule has 2 aromatic rings. The number of phenols is 1. The van der Waals surface area contributed by atoms with E-state index in [0.717, 1.165) is 12.3 Å². The van der Waals surface area contributed by atoms with E-state index in [1.807, 2.05) is 0 Å². The van der Waals surface area contributed by atoms with E-state index in [9.17, 15) is 27.0 Å². The molecular weight excluding hydrogens is 465 g/mol. The highest BCUT2D eigenvalue weighted by molar-refractivity contribution is 7.93. The Kier molecular flexibility index (Phi) is 7.46. The maximum absolute atomic E-state index is 12.7. The van der Waals surface area contributed by atoms with Crippen molar-refractivity contribution in [2.75, 3.05) is 33.4 Å². The molecule has 1 atom stereocenters. The zero-order chi connectivity index (χ0) is 21.8. The molecular formula is C16H19Cl2N3O6S2. The van der Waals surface area contributed by atoms with Gasteiger partial charge in [0.1, 0.15) is 10.6 Å². The molecule has 29 heavy (non-hydrogen) atoms. The minimum Gasteiger partial charge on any atom is -0.506 e. The molecule has 5 N–H and O–H groups in total. The first-order valence-electron chi connectivity index (χ1n) is 8.02. The van der Waals surface area contributed by atoms with Gasteiger partial charge in [0.2, 0.25) is 10.0 Å². The van der Waals surface area contributed by atoms with Crippen molar-refractivity contribution in [1.29, 1.82) is 0 Å². The highest BCUT2D eigenvalue weighted by atomic mass is 35.5. The lowest BCUT2D eigenvalue weighted by Crippen LogP contribution is -2.21. The second-order valence-corrected chi connectivity index (χ2v) is 10.2. The Balaban J connectivity index is 2.27. The second kappa shape index (κ2) is 9.26. The van der Waals surface area contributed by atoms with Gasteiger partial charge in [-0.05, 0) is 24.3 Å². The number of aliphatic hydroxyl groups is 1. The van der Waals surface area contributed by atoms with Crippen molar-refractivity contribution in [2.24, 2.45) is 0 Å². The molecule has 0 aliphatic rings. The standard InChI is InChI=1S/C16H19Cl2N3O6S2/c1-28(24,25)20-10-3-2-4-11(5-10)21-29(26,27)16-7-15(23)14(6-13(16)18)19-9-12(22)8-17/h2-7,12,19-23H,8-9H2,1H3. The predicted octanol–water partition coefficient (Wildman–Crippen LogP) is 2.23. The van der Waals surface area contributed by atoms with Crippen LogP contribution in [0.25, 0.3) is 0 Å². The van der Waals surface area contributed by atoms with E-state index in [1.54, 1.807) is 0 Å². The van der Waals surface area contributed by atoms with Gasteiger partial charge in [0.15, 0.2) is 0 Å². The number of benzene rings is 2. The van der Waals surface area contributed by atoms with E-state index in [0.29, 0.717) is 0 Å². The van der Waals surface area contributed by atoms with Crippen LogP contribution >= 0.6 is 23.2 Å². The van der Waals surface area contributed by atoms with Crippen molar-refractivity contribution in [3.05, 3.63) is 41.4 Å². The van der Waals surface area contributed by atoms with Crippen molar-refractivity contribution in [1.82, 2.24) is 0 Å². The van der Waals surface area contributed by atoms with Gasteiger partial charge in [0, 0.05) is 12.6 Å². The normalized spacial score (nSPS) is 13.0. The molecule has 0 aliphatic carbocycles.